The molecule has 0 atom stereocenters. The van der Waals surface area contributed by atoms with Gasteiger partial charge < -0.3 is 5.73 Å². The standard InChI is InChI=1S/C12H11NO2/c1-2-11(14)10-5-3-4-9(8-10)6-7-12(13)15/h3-5,8H,2H2,1H3,(H2,13,15). The molecule has 3 nitrogen and oxygen atoms in total. The van der Waals surface area contributed by atoms with Crippen LogP contribution in [0.15, 0.2) is 24.3 Å². The van der Waals surface area contributed by atoms with Crippen LogP contribution in [0.25, 0.3) is 0 Å². The summed E-state index contributed by atoms with van der Waals surface area (Å²) in [5.41, 5.74) is 6.11. The molecule has 0 saturated heterocycles. The Labute approximate surface area is 88.3 Å². The van der Waals surface area contributed by atoms with Crippen LogP contribution in [0.1, 0.15) is 29.3 Å². The van der Waals surface area contributed by atoms with Crippen LogP contribution in [0.5, 0.6) is 0 Å². The number of ketones is 1. The molecule has 0 unspecified atom stereocenters. The first-order valence-electron chi connectivity index (χ1n) is 4.58. The van der Waals surface area contributed by atoms with Gasteiger partial charge >= 0.3 is 0 Å². The Morgan fingerprint density at radius 2 is 2.13 bits per heavy atom. The first-order valence-corrected chi connectivity index (χ1v) is 4.58. The average molecular weight is 201 g/mol. The fraction of sp³-hybridized carbons (Fsp3) is 0.167. The second-order valence-electron chi connectivity index (χ2n) is 2.97. The van der Waals surface area contributed by atoms with Gasteiger partial charge in [0.1, 0.15) is 0 Å². The molecule has 0 aromatic heterocycles. The van der Waals surface area contributed by atoms with Crippen LogP contribution < -0.4 is 5.73 Å². The van der Waals surface area contributed by atoms with Crippen LogP contribution in [-0.2, 0) is 4.79 Å². The van der Waals surface area contributed by atoms with E-state index in [9.17, 15) is 9.59 Å². The summed E-state index contributed by atoms with van der Waals surface area (Å²) in [6, 6.07) is 6.83. The van der Waals surface area contributed by atoms with Crippen molar-refractivity contribution in [3.05, 3.63) is 35.4 Å². The summed E-state index contributed by atoms with van der Waals surface area (Å²) >= 11 is 0. The van der Waals surface area contributed by atoms with Crippen molar-refractivity contribution in [1.82, 2.24) is 0 Å². The van der Waals surface area contributed by atoms with Crippen LogP contribution in [0, 0.1) is 11.8 Å². The summed E-state index contributed by atoms with van der Waals surface area (Å²) < 4.78 is 0. The smallest absolute Gasteiger partial charge is 0.293 e. The highest BCUT2D eigenvalue weighted by Crippen LogP contribution is 2.06. The van der Waals surface area contributed by atoms with E-state index < -0.39 is 5.91 Å². The van der Waals surface area contributed by atoms with Gasteiger partial charge in [-0.1, -0.05) is 25.0 Å². The molecule has 0 aliphatic heterocycles. The molecule has 0 bridgehead atoms. The van der Waals surface area contributed by atoms with E-state index in [1.54, 1.807) is 31.2 Å². The zero-order valence-electron chi connectivity index (χ0n) is 8.41. The van der Waals surface area contributed by atoms with Crippen molar-refractivity contribution in [2.75, 3.05) is 0 Å². The first-order chi connectivity index (χ1) is 7.13. The predicted octanol–water partition coefficient (Wildman–Crippen LogP) is 1.12. The molecular formula is C12H11NO2. The Morgan fingerprint density at radius 1 is 1.40 bits per heavy atom. The molecule has 0 saturated carbocycles. The van der Waals surface area contributed by atoms with Gasteiger partial charge in [0.2, 0.25) is 0 Å². The molecule has 0 aliphatic rings. The normalized spacial score (nSPS) is 8.87. The lowest BCUT2D eigenvalue weighted by molar-refractivity contribution is -0.112. The number of nitrogens with two attached hydrogens (primary N) is 1. The van der Waals surface area contributed by atoms with Crippen molar-refractivity contribution in [2.45, 2.75) is 13.3 Å². The molecule has 0 fully saturated rings. The average Bonchev–Trinajstić information content (AvgIpc) is 2.25. The van der Waals surface area contributed by atoms with E-state index in [0.29, 0.717) is 17.5 Å². The van der Waals surface area contributed by atoms with E-state index in [1.807, 2.05) is 0 Å². The Kier molecular flexibility index (Phi) is 3.64. The largest absolute Gasteiger partial charge is 0.359 e. The number of benzene rings is 1. The maximum atomic E-state index is 11.4. The SMILES string of the molecule is CCC(=O)c1cccc(C#CC(N)=O)c1. The van der Waals surface area contributed by atoms with E-state index in [2.05, 4.69) is 11.8 Å². The second-order valence-corrected chi connectivity index (χ2v) is 2.97. The molecule has 0 radical (unpaired) electrons. The van der Waals surface area contributed by atoms with E-state index in [4.69, 9.17) is 5.73 Å². The van der Waals surface area contributed by atoms with Crippen molar-refractivity contribution in [1.29, 1.82) is 0 Å². The Bertz CT molecular complexity index is 452. The fourth-order valence-electron chi connectivity index (χ4n) is 1.11. The third-order valence-corrected chi connectivity index (χ3v) is 1.84. The van der Waals surface area contributed by atoms with Gasteiger partial charge in [-0.3, -0.25) is 9.59 Å². The van der Waals surface area contributed by atoms with Crippen molar-refractivity contribution >= 4 is 11.7 Å². The Morgan fingerprint density at radius 3 is 2.73 bits per heavy atom. The number of carbonyl (C=O) groups excluding carboxylic acids is 2. The van der Waals surface area contributed by atoms with Crippen LogP contribution in [0.3, 0.4) is 0 Å². The summed E-state index contributed by atoms with van der Waals surface area (Å²) in [4.78, 5) is 21.8. The van der Waals surface area contributed by atoms with Gasteiger partial charge in [0.05, 0.1) is 0 Å². The Hall–Kier alpha value is -2.08. The zero-order valence-corrected chi connectivity index (χ0v) is 8.41. The van der Waals surface area contributed by atoms with Gasteiger partial charge in [-0.25, -0.2) is 0 Å². The molecule has 1 aromatic rings. The second kappa shape index (κ2) is 4.97. The van der Waals surface area contributed by atoms with Crippen LogP contribution in [-0.4, -0.2) is 11.7 Å². The van der Waals surface area contributed by atoms with Crippen LogP contribution in [0.2, 0.25) is 0 Å². The topological polar surface area (TPSA) is 60.2 Å². The number of rotatable bonds is 2. The van der Waals surface area contributed by atoms with Crippen molar-refractivity contribution < 1.29 is 9.59 Å². The predicted molar refractivity (Wildman–Crippen MR) is 57.1 cm³/mol. The molecule has 76 valence electrons. The molecular weight excluding hydrogens is 190 g/mol. The van der Waals surface area contributed by atoms with E-state index in [0.717, 1.165) is 0 Å². The summed E-state index contributed by atoms with van der Waals surface area (Å²) in [7, 11) is 0. The van der Waals surface area contributed by atoms with Gasteiger partial charge in [0.25, 0.3) is 5.91 Å². The maximum Gasteiger partial charge on any atom is 0.293 e. The quantitative estimate of drug-likeness (QED) is 0.575. The minimum absolute atomic E-state index is 0.0534. The lowest BCUT2D eigenvalue weighted by atomic mass is 10.1. The van der Waals surface area contributed by atoms with Gasteiger partial charge in [-0.15, -0.1) is 0 Å². The fourth-order valence-corrected chi connectivity index (χ4v) is 1.11. The summed E-state index contributed by atoms with van der Waals surface area (Å²) in [5, 5.41) is 0. The Balaban J connectivity index is 2.99. The lowest BCUT2D eigenvalue weighted by Gasteiger charge is -1.97. The summed E-state index contributed by atoms with van der Waals surface area (Å²) in [6.45, 7) is 1.80. The molecule has 3 heteroatoms. The van der Waals surface area contributed by atoms with Crippen molar-refractivity contribution in [3.8, 4) is 11.8 Å². The van der Waals surface area contributed by atoms with Crippen molar-refractivity contribution in [3.63, 3.8) is 0 Å². The monoisotopic (exact) mass is 201 g/mol. The molecule has 1 amide bonds. The molecule has 0 aliphatic carbocycles. The van der Waals surface area contributed by atoms with E-state index in [-0.39, 0.29) is 5.78 Å². The van der Waals surface area contributed by atoms with Gasteiger partial charge in [0, 0.05) is 17.5 Å². The minimum atomic E-state index is -0.678. The van der Waals surface area contributed by atoms with Gasteiger partial charge in [-0.2, -0.15) is 0 Å². The highest BCUT2D eigenvalue weighted by Gasteiger charge is 2.02. The molecule has 0 spiro atoms. The number of carbonyl (C=O) groups is 2. The van der Waals surface area contributed by atoms with Gasteiger partial charge in [-0.05, 0) is 18.1 Å². The molecule has 1 rings (SSSR count). The highest BCUT2D eigenvalue weighted by atomic mass is 16.1. The van der Waals surface area contributed by atoms with Crippen LogP contribution in [0.4, 0.5) is 0 Å². The maximum absolute atomic E-state index is 11.4. The third kappa shape index (κ3) is 3.28. The third-order valence-electron chi connectivity index (χ3n) is 1.84. The zero-order chi connectivity index (χ0) is 11.3. The number of primary amides is 1. The van der Waals surface area contributed by atoms with Crippen LogP contribution >= 0.6 is 0 Å². The first kappa shape index (κ1) is 11.0. The lowest BCUT2D eigenvalue weighted by Crippen LogP contribution is -2.06. The summed E-state index contributed by atoms with van der Waals surface area (Å²) in [6.07, 6.45) is 0.451. The van der Waals surface area contributed by atoms with Crippen molar-refractivity contribution in [2.24, 2.45) is 5.73 Å². The van der Waals surface area contributed by atoms with E-state index >= 15 is 0 Å². The summed E-state index contributed by atoms with van der Waals surface area (Å²) in [5.74, 6) is 4.19. The minimum Gasteiger partial charge on any atom is -0.359 e. The highest BCUT2D eigenvalue weighted by molar-refractivity contribution is 5.96. The molecule has 2 N–H and O–H groups in total. The van der Waals surface area contributed by atoms with E-state index in [1.165, 1.54) is 0 Å². The number of hydrogen-bond donors (Lipinski definition) is 1. The number of Topliss-reactive ketones (excluding diaryl/α,β-unsaturated/α-hetero) is 1. The molecule has 1 aromatic carbocycles. The number of hydrogen-bond acceptors (Lipinski definition) is 2. The van der Waals surface area contributed by atoms with Gasteiger partial charge in [0.15, 0.2) is 5.78 Å². The number of amides is 1. The molecule has 15 heavy (non-hydrogen) atoms. The molecule has 0 heterocycles.